The summed E-state index contributed by atoms with van der Waals surface area (Å²) in [6.07, 6.45) is 2.34. The lowest BCUT2D eigenvalue weighted by Crippen LogP contribution is -2.24. The highest BCUT2D eigenvalue weighted by Crippen LogP contribution is 2.38. The lowest BCUT2D eigenvalue weighted by Gasteiger charge is -2.29. The van der Waals surface area contributed by atoms with Crippen LogP contribution in [0.2, 0.25) is 0 Å². The molecule has 3 nitrogen and oxygen atoms in total. The summed E-state index contributed by atoms with van der Waals surface area (Å²) < 4.78 is 6.13. The number of hydrogen-bond donors (Lipinski definition) is 1. The second-order valence-corrected chi connectivity index (χ2v) is 8.81. The zero-order chi connectivity index (χ0) is 24.6. The minimum Gasteiger partial charge on any atom is -0.453 e. The lowest BCUT2D eigenvalue weighted by molar-refractivity contribution is -0.00675. The summed E-state index contributed by atoms with van der Waals surface area (Å²) in [6.45, 7) is 3.99. The molecule has 1 N–H and O–H groups in total. The van der Waals surface area contributed by atoms with E-state index in [9.17, 15) is 9.90 Å². The van der Waals surface area contributed by atoms with Crippen LogP contribution in [0.1, 0.15) is 50.4 Å². The van der Waals surface area contributed by atoms with Crippen molar-refractivity contribution in [3.8, 4) is 0 Å². The molecule has 0 aliphatic rings. The smallest absolute Gasteiger partial charge is 0.338 e. The normalized spacial score (nSPS) is 13.8. The maximum Gasteiger partial charge on any atom is 0.338 e. The van der Waals surface area contributed by atoms with E-state index >= 15 is 0 Å². The first kappa shape index (κ1) is 24.2. The zero-order valence-corrected chi connectivity index (χ0v) is 20.0. The minimum absolute atomic E-state index is 0.423. The third-order valence-electron chi connectivity index (χ3n) is 6.09. The van der Waals surface area contributed by atoms with E-state index in [0.717, 1.165) is 27.8 Å². The molecule has 0 radical (unpaired) electrons. The molecule has 0 spiro atoms. The molecule has 0 saturated carbocycles. The van der Waals surface area contributed by atoms with E-state index in [2.05, 4.69) is 0 Å². The first-order valence-electron chi connectivity index (χ1n) is 11.8. The highest BCUT2D eigenvalue weighted by molar-refractivity contribution is 5.89. The third-order valence-corrected chi connectivity index (χ3v) is 6.09. The molecule has 176 valence electrons. The van der Waals surface area contributed by atoms with Crippen molar-refractivity contribution in [2.45, 2.75) is 26.1 Å². The molecule has 0 aliphatic carbocycles. The van der Waals surface area contributed by atoms with E-state index < -0.39 is 24.1 Å². The van der Waals surface area contributed by atoms with E-state index in [0.29, 0.717) is 5.56 Å². The van der Waals surface area contributed by atoms with Crippen molar-refractivity contribution in [1.82, 2.24) is 0 Å². The second-order valence-electron chi connectivity index (χ2n) is 8.81. The summed E-state index contributed by atoms with van der Waals surface area (Å²) in [5, 5.41) is 11.6. The highest BCUT2D eigenvalue weighted by atomic mass is 16.5. The van der Waals surface area contributed by atoms with Crippen molar-refractivity contribution in [3.63, 3.8) is 0 Å². The number of carbonyl (C=O) groups excluding carboxylic acids is 1. The van der Waals surface area contributed by atoms with Gasteiger partial charge >= 0.3 is 5.97 Å². The monoisotopic (exact) mass is 462 g/mol. The zero-order valence-electron chi connectivity index (χ0n) is 20.0. The molecule has 0 fully saturated rings. The molecular formula is C32H30O3. The van der Waals surface area contributed by atoms with Crippen LogP contribution in [0, 0.1) is 19.8 Å². The van der Waals surface area contributed by atoms with Crippen LogP contribution in [0.25, 0.3) is 6.08 Å². The van der Waals surface area contributed by atoms with Crippen LogP contribution in [0.3, 0.4) is 0 Å². The Hall–Kier alpha value is -3.95. The second kappa shape index (κ2) is 11.5. The number of rotatable bonds is 8. The Labute approximate surface area is 207 Å². The number of aryl methyl sites for hydroxylation is 2. The van der Waals surface area contributed by atoms with Crippen LogP contribution in [0.15, 0.2) is 115 Å². The van der Waals surface area contributed by atoms with Crippen LogP contribution < -0.4 is 0 Å². The predicted octanol–water partition coefficient (Wildman–Crippen LogP) is 7.26. The van der Waals surface area contributed by atoms with Crippen molar-refractivity contribution in [1.29, 1.82) is 0 Å². The van der Waals surface area contributed by atoms with E-state index in [-0.39, 0.29) is 0 Å². The van der Waals surface area contributed by atoms with Gasteiger partial charge in [0.05, 0.1) is 11.7 Å². The van der Waals surface area contributed by atoms with Crippen LogP contribution in [-0.4, -0.2) is 11.1 Å². The standard InChI is InChI=1S/C32H30O3/c1-23-13-18-26(19-14-23)30(33)29(22-17-25-9-5-3-6-10-25)31(27-11-7-4-8-12-27)35-32(34)28-20-15-24(2)16-21-28/h3-22,29-31,33H,1-2H3/b22-17+/t29-,30-,31-/m1/s1. The van der Waals surface area contributed by atoms with Crippen molar-refractivity contribution in [2.75, 3.05) is 0 Å². The first-order chi connectivity index (χ1) is 17.0. The van der Waals surface area contributed by atoms with E-state index in [1.54, 1.807) is 12.1 Å². The minimum atomic E-state index is -0.883. The van der Waals surface area contributed by atoms with Crippen LogP contribution >= 0.6 is 0 Å². The molecule has 4 rings (SSSR count). The fourth-order valence-corrected chi connectivity index (χ4v) is 4.03. The summed E-state index contributed by atoms with van der Waals surface area (Å²) >= 11 is 0. The van der Waals surface area contributed by atoms with Gasteiger partial charge in [0, 0.05) is 5.92 Å². The Morgan fingerprint density at radius 1 is 0.714 bits per heavy atom. The van der Waals surface area contributed by atoms with Crippen molar-refractivity contribution in [3.05, 3.63) is 149 Å². The molecule has 0 saturated heterocycles. The van der Waals surface area contributed by atoms with Crippen molar-refractivity contribution < 1.29 is 14.6 Å². The van der Waals surface area contributed by atoms with Gasteiger partial charge < -0.3 is 9.84 Å². The molecule has 0 bridgehead atoms. The summed E-state index contributed by atoms with van der Waals surface area (Å²) in [5.41, 5.74) is 5.26. The fourth-order valence-electron chi connectivity index (χ4n) is 4.03. The summed E-state index contributed by atoms with van der Waals surface area (Å²) in [4.78, 5) is 13.2. The number of ether oxygens (including phenoxy) is 1. The number of aliphatic hydroxyl groups excluding tert-OH is 1. The third kappa shape index (κ3) is 6.34. The number of hydrogen-bond acceptors (Lipinski definition) is 3. The SMILES string of the molecule is Cc1ccc(C(=O)O[C@H](c2ccccc2)[C@H](/C=C/c2ccccc2)[C@H](O)c2ccc(C)cc2)cc1. The molecular weight excluding hydrogens is 432 g/mol. The van der Waals surface area contributed by atoms with Crippen LogP contribution in [-0.2, 0) is 4.74 Å². The van der Waals surface area contributed by atoms with Gasteiger partial charge in [0.25, 0.3) is 0 Å². The van der Waals surface area contributed by atoms with Gasteiger partial charge in [-0.2, -0.15) is 0 Å². The Morgan fingerprint density at radius 2 is 1.26 bits per heavy atom. The average molecular weight is 463 g/mol. The average Bonchev–Trinajstić information content (AvgIpc) is 2.90. The molecule has 0 amide bonds. The van der Waals surface area contributed by atoms with Gasteiger partial charge in [-0.1, -0.05) is 120 Å². The van der Waals surface area contributed by atoms with E-state index in [1.165, 1.54) is 0 Å². The molecule has 4 aromatic rings. The molecule has 0 aliphatic heterocycles. The van der Waals surface area contributed by atoms with E-state index in [1.807, 2.05) is 123 Å². The highest BCUT2D eigenvalue weighted by Gasteiger charge is 2.32. The molecule has 0 aromatic heterocycles. The molecule has 3 heteroatoms. The summed E-state index contributed by atoms with van der Waals surface area (Å²) in [6, 6.07) is 34.6. The fraction of sp³-hybridized carbons (Fsp3) is 0.156. The molecule has 35 heavy (non-hydrogen) atoms. The Balaban J connectivity index is 1.74. The number of carbonyl (C=O) groups is 1. The topological polar surface area (TPSA) is 46.5 Å². The Morgan fingerprint density at radius 3 is 1.86 bits per heavy atom. The Bertz CT molecular complexity index is 1240. The first-order valence-corrected chi connectivity index (χ1v) is 11.8. The van der Waals surface area contributed by atoms with Gasteiger partial charge in [-0.3, -0.25) is 0 Å². The lowest BCUT2D eigenvalue weighted by atomic mass is 9.86. The number of esters is 1. The van der Waals surface area contributed by atoms with Crippen LogP contribution in [0.5, 0.6) is 0 Å². The summed E-state index contributed by atoms with van der Waals surface area (Å²) in [5.74, 6) is -0.942. The maximum absolute atomic E-state index is 13.2. The van der Waals surface area contributed by atoms with Crippen LogP contribution in [0.4, 0.5) is 0 Å². The van der Waals surface area contributed by atoms with Gasteiger partial charge in [-0.25, -0.2) is 4.79 Å². The number of benzene rings is 4. The van der Waals surface area contributed by atoms with Crippen molar-refractivity contribution >= 4 is 12.0 Å². The predicted molar refractivity (Wildman–Crippen MR) is 141 cm³/mol. The van der Waals surface area contributed by atoms with Gasteiger partial charge in [0.2, 0.25) is 0 Å². The molecule has 0 heterocycles. The van der Waals surface area contributed by atoms with Gasteiger partial charge in [-0.15, -0.1) is 0 Å². The van der Waals surface area contributed by atoms with Gasteiger partial charge in [0.15, 0.2) is 0 Å². The molecule has 0 unspecified atom stereocenters. The van der Waals surface area contributed by atoms with Gasteiger partial charge in [-0.05, 0) is 42.7 Å². The molecule has 3 atom stereocenters. The van der Waals surface area contributed by atoms with Gasteiger partial charge in [0.1, 0.15) is 6.10 Å². The number of aliphatic hydroxyl groups is 1. The molecule has 4 aromatic carbocycles. The maximum atomic E-state index is 13.2. The summed E-state index contributed by atoms with van der Waals surface area (Å²) in [7, 11) is 0. The Kier molecular flexibility index (Phi) is 7.92. The largest absolute Gasteiger partial charge is 0.453 e. The quantitative estimate of drug-likeness (QED) is 0.280. The van der Waals surface area contributed by atoms with E-state index in [4.69, 9.17) is 4.74 Å². The van der Waals surface area contributed by atoms with Crippen molar-refractivity contribution in [2.24, 2.45) is 5.92 Å².